The van der Waals surface area contributed by atoms with E-state index in [4.69, 9.17) is 0 Å². The summed E-state index contributed by atoms with van der Waals surface area (Å²) >= 11 is 0. The Morgan fingerprint density at radius 1 is 1.23 bits per heavy atom. The van der Waals surface area contributed by atoms with Gasteiger partial charge in [-0.25, -0.2) is 9.07 Å². The maximum atomic E-state index is 13.2. The largest absolute Gasteiger partial charge is 0.387 e. The first-order chi connectivity index (χ1) is 12.5. The number of halogens is 1. The van der Waals surface area contributed by atoms with Gasteiger partial charge < -0.3 is 10.4 Å². The van der Waals surface area contributed by atoms with Gasteiger partial charge in [-0.05, 0) is 30.7 Å². The van der Waals surface area contributed by atoms with Gasteiger partial charge in [0.1, 0.15) is 12.4 Å². The smallest absolute Gasteiger partial charge is 0.275 e. The van der Waals surface area contributed by atoms with E-state index in [-0.39, 0.29) is 18.6 Å². The summed E-state index contributed by atoms with van der Waals surface area (Å²) in [6.07, 6.45) is -1.04. The summed E-state index contributed by atoms with van der Waals surface area (Å²) in [5.41, 5.74) is 0.655. The predicted octanol–water partition coefficient (Wildman–Crippen LogP) is 1.69. The minimum Gasteiger partial charge on any atom is -0.387 e. The average Bonchev–Trinajstić information content (AvgIpc) is 2.64. The van der Waals surface area contributed by atoms with Crippen LogP contribution in [-0.4, -0.2) is 27.3 Å². The van der Waals surface area contributed by atoms with E-state index in [2.05, 4.69) is 10.4 Å². The third kappa shape index (κ3) is 3.78. The Hall–Kier alpha value is -3.06. The number of fused-ring (bicyclic) bond motifs is 1. The van der Waals surface area contributed by atoms with Crippen molar-refractivity contribution in [3.05, 3.63) is 76.0 Å². The second-order valence-electron chi connectivity index (χ2n) is 5.97. The van der Waals surface area contributed by atoms with Crippen LogP contribution in [0.5, 0.6) is 0 Å². The van der Waals surface area contributed by atoms with E-state index in [1.54, 1.807) is 31.2 Å². The lowest BCUT2D eigenvalue weighted by Crippen LogP contribution is -2.36. The summed E-state index contributed by atoms with van der Waals surface area (Å²) in [6.45, 7) is 1.41. The Kier molecular flexibility index (Phi) is 5.09. The second kappa shape index (κ2) is 7.45. The zero-order valence-corrected chi connectivity index (χ0v) is 14.1. The molecule has 134 valence electrons. The molecule has 1 aromatic heterocycles. The number of benzene rings is 2. The van der Waals surface area contributed by atoms with Crippen molar-refractivity contribution in [2.24, 2.45) is 0 Å². The van der Waals surface area contributed by atoms with Crippen LogP contribution in [0.25, 0.3) is 10.8 Å². The van der Waals surface area contributed by atoms with Crippen LogP contribution in [0.3, 0.4) is 0 Å². The summed E-state index contributed by atoms with van der Waals surface area (Å²) < 4.78 is 14.3. The summed E-state index contributed by atoms with van der Waals surface area (Å²) in [6, 6.07) is 12.6. The topological polar surface area (TPSA) is 84.2 Å². The lowest BCUT2D eigenvalue weighted by Gasteiger charge is -2.13. The monoisotopic (exact) mass is 355 g/mol. The van der Waals surface area contributed by atoms with Crippen LogP contribution in [0, 0.1) is 12.7 Å². The molecule has 2 N–H and O–H groups in total. The standard InChI is InChI=1S/C19H18FN3O3/c1-12-15-7-2-3-8-16(15)19(26)23(22-12)11-18(25)21-10-17(24)13-5-4-6-14(20)9-13/h2-9,17,24H,10-11H2,1H3,(H,21,25)/t17-/m1/s1. The quantitative estimate of drug-likeness (QED) is 0.730. The number of amides is 1. The van der Waals surface area contributed by atoms with Crippen LogP contribution in [0.1, 0.15) is 17.4 Å². The Bertz CT molecular complexity index is 1020. The highest BCUT2D eigenvalue weighted by atomic mass is 19.1. The number of nitrogens with one attached hydrogen (secondary N) is 1. The van der Waals surface area contributed by atoms with Crippen LogP contribution in [-0.2, 0) is 11.3 Å². The molecule has 2 aromatic carbocycles. The normalized spacial score (nSPS) is 12.1. The van der Waals surface area contributed by atoms with Crippen molar-refractivity contribution in [3.8, 4) is 0 Å². The highest BCUT2D eigenvalue weighted by molar-refractivity contribution is 5.83. The molecule has 1 atom stereocenters. The molecule has 1 amide bonds. The molecular weight excluding hydrogens is 337 g/mol. The Morgan fingerprint density at radius 3 is 2.69 bits per heavy atom. The second-order valence-corrected chi connectivity index (χ2v) is 5.97. The van der Waals surface area contributed by atoms with Crippen LogP contribution in [0.2, 0.25) is 0 Å². The minimum absolute atomic E-state index is 0.0937. The van der Waals surface area contributed by atoms with Gasteiger partial charge in [-0.2, -0.15) is 5.10 Å². The van der Waals surface area contributed by atoms with Crippen molar-refractivity contribution in [1.29, 1.82) is 0 Å². The van der Waals surface area contributed by atoms with Crippen molar-refractivity contribution < 1.29 is 14.3 Å². The fourth-order valence-corrected chi connectivity index (χ4v) is 2.75. The molecule has 0 aliphatic rings. The molecule has 0 bridgehead atoms. The van der Waals surface area contributed by atoms with E-state index < -0.39 is 17.8 Å². The maximum Gasteiger partial charge on any atom is 0.275 e. The number of rotatable bonds is 5. The van der Waals surface area contributed by atoms with Crippen molar-refractivity contribution in [1.82, 2.24) is 15.1 Å². The molecule has 26 heavy (non-hydrogen) atoms. The summed E-state index contributed by atoms with van der Waals surface area (Å²) in [5.74, 6) is -0.931. The Morgan fingerprint density at radius 2 is 1.96 bits per heavy atom. The number of hydrogen-bond donors (Lipinski definition) is 2. The van der Waals surface area contributed by atoms with E-state index in [0.717, 1.165) is 10.1 Å². The minimum atomic E-state index is -1.04. The molecule has 0 aliphatic carbocycles. The van der Waals surface area contributed by atoms with Gasteiger partial charge in [0.2, 0.25) is 5.91 Å². The van der Waals surface area contributed by atoms with E-state index >= 15 is 0 Å². The van der Waals surface area contributed by atoms with Gasteiger partial charge in [0.15, 0.2) is 0 Å². The van der Waals surface area contributed by atoms with Gasteiger partial charge in [0.25, 0.3) is 5.56 Å². The highest BCUT2D eigenvalue weighted by Gasteiger charge is 2.13. The molecule has 1 heterocycles. The van der Waals surface area contributed by atoms with Crippen LogP contribution in [0.4, 0.5) is 4.39 Å². The number of aliphatic hydroxyl groups excluding tert-OH is 1. The van der Waals surface area contributed by atoms with Gasteiger partial charge in [-0.1, -0.05) is 30.3 Å². The molecule has 0 saturated heterocycles. The molecule has 0 saturated carbocycles. The van der Waals surface area contributed by atoms with E-state index in [1.165, 1.54) is 18.2 Å². The van der Waals surface area contributed by atoms with Crippen LogP contribution in [0.15, 0.2) is 53.3 Å². The van der Waals surface area contributed by atoms with Crippen molar-refractivity contribution in [2.45, 2.75) is 19.6 Å². The highest BCUT2D eigenvalue weighted by Crippen LogP contribution is 2.13. The number of carbonyl (C=O) groups is 1. The first-order valence-corrected chi connectivity index (χ1v) is 8.12. The maximum absolute atomic E-state index is 13.2. The number of aryl methyl sites for hydroxylation is 1. The molecule has 0 spiro atoms. The van der Waals surface area contributed by atoms with Gasteiger partial charge in [0.05, 0.1) is 17.2 Å². The Balaban J connectivity index is 1.70. The first kappa shape index (κ1) is 17.8. The molecule has 0 fully saturated rings. The zero-order valence-electron chi connectivity index (χ0n) is 14.1. The van der Waals surface area contributed by atoms with Gasteiger partial charge in [-0.15, -0.1) is 0 Å². The summed E-state index contributed by atoms with van der Waals surface area (Å²) in [4.78, 5) is 24.6. The molecule has 3 aromatic rings. The fraction of sp³-hybridized carbons (Fsp3) is 0.211. The van der Waals surface area contributed by atoms with Crippen LogP contribution < -0.4 is 10.9 Å². The number of aromatic nitrogens is 2. The third-order valence-electron chi connectivity index (χ3n) is 4.07. The van der Waals surface area contributed by atoms with Gasteiger partial charge in [-0.3, -0.25) is 9.59 Å². The molecule has 6 nitrogen and oxygen atoms in total. The van der Waals surface area contributed by atoms with E-state index in [1.807, 2.05) is 6.07 Å². The zero-order chi connectivity index (χ0) is 18.7. The molecule has 0 radical (unpaired) electrons. The van der Waals surface area contributed by atoms with Crippen molar-refractivity contribution in [3.63, 3.8) is 0 Å². The number of carbonyl (C=O) groups excluding carboxylic acids is 1. The lowest BCUT2D eigenvalue weighted by molar-refractivity contribution is -0.122. The third-order valence-corrected chi connectivity index (χ3v) is 4.07. The molecule has 0 aliphatic heterocycles. The SMILES string of the molecule is Cc1nn(CC(=O)NC[C@@H](O)c2cccc(F)c2)c(=O)c2ccccc12. The van der Waals surface area contributed by atoms with Crippen molar-refractivity contribution >= 4 is 16.7 Å². The molecular formula is C19H18FN3O3. The molecule has 3 rings (SSSR count). The number of hydrogen-bond acceptors (Lipinski definition) is 4. The van der Waals surface area contributed by atoms with E-state index in [9.17, 15) is 19.1 Å². The van der Waals surface area contributed by atoms with Crippen molar-refractivity contribution in [2.75, 3.05) is 6.54 Å². The number of aliphatic hydroxyl groups is 1. The first-order valence-electron chi connectivity index (χ1n) is 8.12. The summed E-state index contributed by atoms with van der Waals surface area (Å²) in [5, 5.41) is 18.0. The molecule has 0 unspecified atom stereocenters. The van der Waals surface area contributed by atoms with Gasteiger partial charge >= 0.3 is 0 Å². The average molecular weight is 355 g/mol. The fourth-order valence-electron chi connectivity index (χ4n) is 2.75. The molecule has 7 heteroatoms. The summed E-state index contributed by atoms with van der Waals surface area (Å²) in [7, 11) is 0. The lowest BCUT2D eigenvalue weighted by atomic mass is 10.1. The predicted molar refractivity (Wildman–Crippen MR) is 95.1 cm³/mol. The Labute approximate surface area is 148 Å². The van der Waals surface area contributed by atoms with E-state index in [0.29, 0.717) is 16.6 Å². The number of nitrogens with zero attached hydrogens (tertiary/aromatic N) is 2. The van der Waals surface area contributed by atoms with Gasteiger partial charge in [0, 0.05) is 11.9 Å². The van der Waals surface area contributed by atoms with Crippen LogP contribution >= 0.6 is 0 Å².